The summed E-state index contributed by atoms with van der Waals surface area (Å²) in [6.45, 7) is 5.84. The molecule has 0 aliphatic rings. The van der Waals surface area contributed by atoms with Gasteiger partial charge in [-0.15, -0.1) is 0 Å². The van der Waals surface area contributed by atoms with E-state index in [9.17, 15) is 22.8 Å². The second-order valence-electron chi connectivity index (χ2n) is 8.66. The number of anilines is 1. The van der Waals surface area contributed by atoms with E-state index in [4.69, 9.17) is 5.11 Å². The third-order valence-electron chi connectivity index (χ3n) is 5.63. The van der Waals surface area contributed by atoms with Crippen LogP contribution in [0.1, 0.15) is 64.8 Å². The molecule has 2 N–H and O–H groups in total. The first kappa shape index (κ1) is 26.8. The lowest BCUT2D eigenvalue weighted by molar-refractivity contribution is -0.138. The predicted molar refractivity (Wildman–Crippen MR) is 130 cm³/mol. The minimum Gasteiger partial charge on any atom is -0.481 e. The van der Waals surface area contributed by atoms with Crippen molar-refractivity contribution in [1.82, 2.24) is 15.2 Å². The minimum absolute atomic E-state index is 0.00963. The maximum Gasteiger partial charge on any atom is 0.419 e. The van der Waals surface area contributed by atoms with Crippen molar-refractivity contribution in [2.45, 2.75) is 52.3 Å². The predicted octanol–water partition coefficient (Wildman–Crippen LogP) is 5.53. The second kappa shape index (κ2) is 11.3. The zero-order valence-corrected chi connectivity index (χ0v) is 20.3. The van der Waals surface area contributed by atoms with Crippen molar-refractivity contribution in [3.63, 3.8) is 0 Å². The van der Waals surface area contributed by atoms with Crippen molar-refractivity contribution in [2.75, 3.05) is 11.6 Å². The van der Waals surface area contributed by atoms with E-state index in [0.29, 0.717) is 17.7 Å². The number of aliphatic carboxylic acids is 1. The van der Waals surface area contributed by atoms with Crippen LogP contribution in [0.5, 0.6) is 0 Å². The lowest BCUT2D eigenvalue weighted by Crippen LogP contribution is -2.35. The van der Waals surface area contributed by atoms with Gasteiger partial charge in [0.2, 0.25) is 0 Å². The Labute approximate surface area is 207 Å². The average molecular weight is 503 g/mol. The molecule has 0 aliphatic heterocycles. The summed E-state index contributed by atoms with van der Waals surface area (Å²) in [6, 6.07) is 12.2. The van der Waals surface area contributed by atoms with Crippen LogP contribution < -0.4 is 10.3 Å². The molecule has 0 saturated carbocycles. The number of carbonyl (C=O) groups is 2. The molecular formula is C26H29F3N4O3. The van der Waals surface area contributed by atoms with Crippen LogP contribution in [0.15, 0.2) is 54.9 Å². The van der Waals surface area contributed by atoms with E-state index < -0.39 is 23.6 Å². The maximum absolute atomic E-state index is 13.4. The summed E-state index contributed by atoms with van der Waals surface area (Å²) in [5.74, 6) is -1.41. The highest BCUT2D eigenvalue weighted by molar-refractivity contribution is 5.94. The van der Waals surface area contributed by atoms with Crippen LogP contribution in [0, 0.1) is 13.8 Å². The first-order valence-corrected chi connectivity index (χ1v) is 11.6. The van der Waals surface area contributed by atoms with E-state index in [0.717, 1.165) is 35.5 Å². The number of benzene rings is 2. The van der Waals surface area contributed by atoms with E-state index >= 15 is 0 Å². The summed E-state index contributed by atoms with van der Waals surface area (Å²) in [7, 11) is 0. The fourth-order valence-electron chi connectivity index (χ4n) is 4.05. The van der Waals surface area contributed by atoms with Gasteiger partial charge in [0.15, 0.2) is 0 Å². The molecule has 10 heteroatoms. The van der Waals surface area contributed by atoms with Crippen LogP contribution in [0.2, 0.25) is 0 Å². The number of carboxylic acids is 1. The molecule has 2 aromatic carbocycles. The van der Waals surface area contributed by atoms with Gasteiger partial charge in [-0.25, -0.2) is 0 Å². The fraction of sp³-hybridized carbons (Fsp3) is 0.346. The molecular weight excluding hydrogens is 473 g/mol. The Hall–Kier alpha value is -3.82. The van der Waals surface area contributed by atoms with Crippen molar-refractivity contribution in [3.8, 4) is 0 Å². The molecule has 1 atom stereocenters. The van der Waals surface area contributed by atoms with Crippen LogP contribution >= 0.6 is 0 Å². The van der Waals surface area contributed by atoms with Crippen LogP contribution in [0.25, 0.3) is 0 Å². The first-order valence-electron chi connectivity index (χ1n) is 11.6. The molecule has 0 fully saturated rings. The number of hydrogen-bond donors (Lipinski definition) is 2. The topological polar surface area (TPSA) is 87.5 Å². The van der Waals surface area contributed by atoms with Crippen molar-refractivity contribution in [2.24, 2.45) is 0 Å². The zero-order valence-electron chi connectivity index (χ0n) is 20.3. The molecule has 3 aromatic rings. The van der Waals surface area contributed by atoms with Crippen LogP contribution in [-0.4, -0.2) is 33.4 Å². The Kier molecular flexibility index (Phi) is 8.39. The Balaban J connectivity index is 2.01. The van der Waals surface area contributed by atoms with Crippen LogP contribution in [0.4, 0.5) is 18.9 Å². The average Bonchev–Trinajstić information content (AvgIpc) is 3.28. The molecule has 0 radical (unpaired) electrons. The van der Waals surface area contributed by atoms with Crippen LogP contribution in [0.3, 0.4) is 0 Å². The molecule has 36 heavy (non-hydrogen) atoms. The number of alkyl halides is 3. The summed E-state index contributed by atoms with van der Waals surface area (Å²) in [5, 5.41) is 17.1. The van der Waals surface area contributed by atoms with E-state index in [1.165, 1.54) is 4.79 Å². The third kappa shape index (κ3) is 6.65. The van der Waals surface area contributed by atoms with Gasteiger partial charge >= 0.3 is 12.1 Å². The van der Waals surface area contributed by atoms with E-state index in [1.54, 1.807) is 29.3 Å². The lowest BCUT2D eigenvalue weighted by Gasteiger charge is -2.34. The normalized spacial score (nSPS) is 12.3. The van der Waals surface area contributed by atoms with Gasteiger partial charge in [-0.2, -0.15) is 23.1 Å². The number of hydrogen-bond acceptors (Lipinski definition) is 4. The number of carbonyl (C=O) groups excluding carboxylic acids is 1. The summed E-state index contributed by atoms with van der Waals surface area (Å²) >= 11 is 0. The highest BCUT2D eigenvalue weighted by Crippen LogP contribution is 2.35. The highest BCUT2D eigenvalue weighted by Gasteiger charge is 2.34. The standard InChI is InChI=1S/C26H29F3N4O3/c1-4-5-23(19-6-8-20(9-7-19)25(36)30-11-10-24(34)35)33(22-13-17(2)12-18(3)14-22)32-16-21(15-31-32)26(27,28)29/h6-9,12-16,23H,4-5,10-11H2,1-3H3,(H,30,36)(H,34,35). The van der Waals surface area contributed by atoms with E-state index in [-0.39, 0.29) is 19.0 Å². The first-order chi connectivity index (χ1) is 17.0. The van der Waals surface area contributed by atoms with Gasteiger partial charge in [0.25, 0.3) is 5.91 Å². The Morgan fingerprint density at radius 2 is 1.75 bits per heavy atom. The number of carboxylic acid groups (broad SMARTS) is 1. The molecule has 1 amide bonds. The summed E-state index contributed by atoms with van der Waals surface area (Å²) in [6.07, 6.45) is -1.57. The van der Waals surface area contributed by atoms with Gasteiger partial charge in [0.05, 0.1) is 36.1 Å². The number of amides is 1. The number of aryl methyl sites for hydroxylation is 2. The monoisotopic (exact) mass is 502 g/mol. The molecule has 0 spiro atoms. The molecule has 192 valence electrons. The Morgan fingerprint density at radius 3 is 2.28 bits per heavy atom. The highest BCUT2D eigenvalue weighted by atomic mass is 19.4. The minimum atomic E-state index is -4.53. The number of nitrogens with one attached hydrogen (secondary N) is 1. The van der Waals surface area contributed by atoms with E-state index in [1.807, 2.05) is 39.0 Å². The van der Waals surface area contributed by atoms with E-state index in [2.05, 4.69) is 10.4 Å². The molecule has 0 saturated heterocycles. The summed E-state index contributed by atoms with van der Waals surface area (Å²) < 4.78 is 40.1. The molecule has 7 nitrogen and oxygen atoms in total. The van der Waals surface area contributed by atoms with Crippen molar-refractivity contribution in [3.05, 3.63) is 82.7 Å². The van der Waals surface area contributed by atoms with Crippen molar-refractivity contribution < 1.29 is 27.9 Å². The smallest absolute Gasteiger partial charge is 0.419 e. The second-order valence-corrected chi connectivity index (χ2v) is 8.66. The number of aromatic nitrogens is 2. The third-order valence-corrected chi connectivity index (χ3v) is 5.63. The van der Waals surface area contributed by atoms with Gasteiger partial charge in [0.1, 0.15) is 0 Å². The maximum atomic E-state index is 13.4. The largest absolute Gasteiger partial charge is 0.481 e. The number of halogens is 3. The molecule has 0 aliphatic carbocycles. The van der Waals surface area contributed by atoms with Gasteiger partial charge in [-0.3, -0.25) is 14.6 Å². The number of rotatable bonds is 10. The van der Waals surface area contributed by atoms with Crippen molar-refractivity contribution >= 4 is 17.6 Å². The fourth-order valence-corrected chi connectivity index (χ4v) is 4.05. The van der Waals surface area contributed by atoms with Gasteiger partial charge in [-0.05, 0) is 61.2 Å². The molecule has 1 unspecified atom stereocenters. The summed E-state index contributed by atoms with van der Waals surface area (Å²) in [5.41, 5.74) is 2.92. The van der Waals surface area contributed by atoms with Gasteiger partial charge in [-0.1, -0.05) is 31.5 Å². The SMILES string of the molecule is CCCC(c1ccc(C(=O)NCCC(=O)O)cc1)N(c1cc(C)cc(C)c1)n1cc(C(F)(F)F)cn1. The Morgan fingerprint density at radius 1 is 1.11 bits per heavy atom. The quantitative estimate of drug-likeness (QED) is 0.380. The van der Waals surface area contributed by atoms with Crippen LogP contribution in [-0.2, 0) is 11.0 Å². The molecule has 0 bridgehead atoms. The van der Waals surface area contributed by atoms with Crippen molar-refractivity contribution in [1.29, 1.82) is 0 Å². The zero-order chi connectivity index (χ0) is 26.5. The number of nitrogens with zero attached hydrogens (tertiary/aromatic N) is 3. The Bertz CT molecular complexity index is 1190. The summed E-state index contributed by atoms with van der Waals surface area (Å²) in [4.78, 5) is 24.2. The van der Waals surface area contributed by atoms with Gasteiger partial charge in [0, 0.05) is 12.1 Å². The molecule has 3 rings (SSSR count). The lowest BCUT2D eigenvalue weighted by atomic mass is 9.99. The molecule has 1 aromatic heterocycles. The van der Waals surface area contributed by atoms with Gasteiger partial charge < -0.3 is 10.4 Å². The molecule has 1 heterocycles.